The zero-order valence-electron chi connectivity index (χ0n) is 23.3. The Morgan fingerprint density at radius 3 is 2.26 bits per heavy atom. The third-order valence-corrected chi connectivity index (χ3v) is 7.32. The highest BCUT2D eigenvalue weighted by atomic mass is 19.1. The SMILES string of the molecule is CCOC(=O)C1=C(CN2CCN(C(=O)c3ccccc3F)CC2)N(C)C(=O)NC1c1ccc(C(C)(C)C)cc1. The van der Waals surface area contributed by atoms with E-state index in [0.29, 0.717) is 44.0 Å². The van der Waals surface area contributed by atoms with Crippen LogP contribution in [-0.2, 0) is 14.9 Å². The molecule has 2 aliphatic rings. The molecular formula is C30H37FN4O4. The minimum Gasteiger partial charge on any atom is -0.463 e. The van der Waals surface area contributed by atoms with E-state index in [1.165, 1.54) is 17.0 Å². The molecule has 0 aliphatic carbocycles. The molecule has 2 aromatic carbocycles. The van der Waals surface area contributed by atoms with Crippen LogP contribution in [0.15, 0.2) is 59.8 Å². The topological polar surface area (TPSA) is 82.2 Å². The standard InChI is InChI=1S/C30H37FN4O4/c1-6-39-28(37)25-24(19-34-15-17-35(18-16-34)27(36)22-9-7-8-10-23(22)31)33(5)29(38)32-26(25)20-11-13-21(14-12-20)30(2,3)4/h7-14,26H,6,15-19H2,1-5H3,(H,32,38). The van der Waals surface area contributed by atoms with Gasteiger partial charge in [0.05, 0.1) is 23.8 Å². The molecule has 1 atom stereocenters. The summed E-state index contributed by atoms with van der Waals surface area (Å²) in [5.74, 6) is -1.35. The fraction of sp³-hybridized carbons (Fsp3) is 0.433. The molecule has 0 spiro atoms. The first-order valence-electron chi connectivity index (χ1n) is 13.3. The molecule has 208 valence electrons. The van der Waals surface area contributed by atoms with Gasteiger partial charge in [0.2, 0.25) is 0 Å². The molecule has 8 nitrogen and oxygen atoms in total. The summed E-state index contributed by atoms with van der Waals surface area (Å²) in [5.41, 5.74) is 2.93. The molecule has 1 fully saturated rings. The van der Waals surface area contributed by atoms with Gasteiger partial charge < -0.3 is 15.0 Å². The van der Waals surface area contributed by atoms with Crippen LogP contribution in [0.5, 0.6) is 0 Å². The lowest BCUT2D eigenvalue weighted by molar-refractivity contribution is -0.139. The molecule has 2 aliphatic heterocycles. The van der Waals surface area contributed by atoms with Crippen molar-refractivity contribution in [2.75, 3.05) is 46.4 Å². The molecule has 1 saturated heterocycles. The fourth-order valence-corrected chi connectivity index (χ4v) is 4.95. The highest BCUT2D eigenvalue weighted by molar-refractivity contribution is 5.95. The van der Waals surface area contributed by atoms with Crippen molar-refractivity contribution >= 4 is 17.9 Å². The molecule has 3 amide bonds. The summed E-state index contributed by atoms with van der Waals surface area (Å²) in [6.07, 6.45) is 0. The van der Waals surface area contributed by atoms with Crippen LogP contribution in [-0.4, -0.2) is 79.0 Å². The Kier molecular flexibility index (Phi) is 8.39. The first-order valence-corrected chi connectivity index (χ1v) is 13.3. The molecule has 39 heavy (non-hydrogen) atoms. The molecule has 1 N–H and O–H groups in total. The smallest absolute Gasteiger partial charge is 0.338 e. The average Bonchev–Trinajstić information content (AvgIpc) is 2.91. The van der Waals surface area contributed by atoms with Crippen LogP contribution in [0.3, 0.4) is 0 Å². The van der Waals surface area contributed by atoms with Gasteiger partial charge >= 0.3 is 12.0 Å². The number of urea groups is 1. The Morgan fingerprint density at radius 1 is 1.03 bits per heavy atom. The summed E-state index contributed by atoms with van der Waals surface area (Å²) >= 11 is 0. The van der Waals surface area contributed by atoms with E-state index < -0.39 is 17.8 Å². The quantitative estimate of drug-likeness (QED) is 0.563. The van der Waals surface area contributed by atoms with Crippen molar-refractivity contribution in [3.05, 3.63) is 82.3 Å². The second-order valence-electron chi connectivity index (χ2n) is 10.9. The van der Waals surface area contributed by atoms with Crippen LogP contribution >= 0.6 is 0 Å². The van der Waals surface area contributed by atoms with Crippen molar-refractivity contribution in [1.82, 2.24) is 20.0 Å². The van der Waals surface area contributed by atoms with E-state index in [1.54, 1.807) is 31.0 Å². The van der Waals surface area contributed by atoms with Crippen LogP contribution in [0.25, 0.3) is 0 Å². The number of nitrogens with zero attached hydrogens (tertiary/aromatic N) is 3. The molecule has 2 heterocycles. The van der Waals surface area contributed by atoms with Crippen LogP contribution in [0, 0.1) is 5.82 Å². The van der Waals surface area contributed by atoms with Crippen molar-refractivity contribution in [3.63, 3.8) is 0 Å². The second kappa shape index (κ2) is 11.6. The number of likely N-dealkylation sites (N-methyl/N-ethyl adjacent to an activating group) is 1. The number of hydrogen-bond acceptors (Lipinski definition) is 5. The molecular weight excluding hydrogens is 499 g/mol. The minimum atomic E-state index is -0.652. The lowest BCUT2D eigenvalue weighted by atomic mass is 9.85. The van der Waals surface area contributed by atoms with E-state index in [2.05, 4.69) is 31.0 Å². The lowest BCUT2D eigenvalue weighted by Gasteiger charge is -2.39. The Hall–Kier alpha value is -3.72. The summed E-state index contributed by atoms with van der Waals surface area (Å²) < 4.78 is 19.6. The third kappa shape index (κ3) is 6.14. The number of rotatable bonds is 6. The van der Waals surface area contributed by atoms with E-state index in [1.807, 2.05) is 24.3 Å². The molecule has 9 heteroatoms. The average molecular weight is 537 g/mol. The van der Waals surface area contributed by atoms with Crippen molar-refractivity contribution in [1.29, 1.82) is 0 Å². The largest absolute Gasteiger partial charge is 0.463 e. The van der Waals surface area contributed by atoms with Gasteiger partial charge in [0, 0.05) is 45.5 Å². The van der Waals surface area contributed by atoms with E-state index in [9.17, 15) is 18.8 Å². The van der Waals surface area contributed by atoms with Crippen molar-refractivity contribution in [2.45, 2.75) is 39.2 Å². The molecule has 0 bridgehead atoms. The molecule has 0 aromatic heterocycles. The maximum Gasteiger partial charge on any atom is 0.338 e. The summed E-state index contributed by atoms with van der Waals surface area (Å²) in [5, 5.41) is 2.96. The zero-order chi connectivity index (χ0) is 28.3. The monoisotopic (exact) mass is 536 g/mol. The van der Waals surface area contributed by atoms with Crippen molar-refractivity contribution in [3.8, 4) is 0 Å². The fourth-order valence-electron chi connectivity index (χ4n) is 4.95. The normalized spacial score (nSPS) is 18.7. The van der Waals surface area contributed by atoms with E-state index in [0.717, 1.165) is 11.1 Å². The summed E-state index contributed by atoms with van der Waals surface area (Å²) in [6.45, 7) is 10.5. The van der Waals surface area contributed by atoms with Crippen LogP contribution in [0.4, 0.5) is 9.18 Å². The van der Waals surface area contributed by atoms with Crippen LogP contribution in [0.2, 0.25) is 0 Å². The molecule has 1 unspecified atom stereocenters. The Bertz CT molecular complexity index is 1260. The van der Waals surface area contributed by atoms with Gasteiger partial charge in [-0.05, 0) is 35.6 Å². The zero-order valence-corrected chi connectivity index (χ0v) is 23.3. The lowest BCUT2D eigenvalue weighted by Crippen LogP contribution is -2.53. The van der Waals surface area contributed by atoms with Gasteiger partial charge in [-0.3, -0.25) is 14.6 Å². The minimum absolute atomic E-state index is 0.0324. The van der Waals surface area contributed by atoms with Crippen molar-refractivity contribution < 1.29 is 23.5 Å². The number of carbonyl (C=O) groups is 3. The number of esters is 1. The number of ether oxygens (including phenoxy) is 1. The summed E-state index contributed by atoms with van der Waals surface area (Å²) in [6, 6.07) is 12.9. The second-order valence-corrected chi connectivity index (χ2v) is 10.9. The first kappa shape index (κ1) is 28.3. The number of nitrogens with one attached hydrogen (secondary N) is 1. The van der Waals surface area contributed by atoms with Crippen LogP contribution < -0.4 is 5.32 Å². The highest BCUT2D eigenvalue weighted by Crippen LogP contribution is 2.33. The van der Waals surface area contributed by atoms with E-state index in [-0.39, 0.29) is 29.5 Å². The van der Waals surface area contributed by atoms with E-state index in [4.69, 9.17) is 4.74 Å². The number of hydrogen-bond donors (Lipinski definition) is 1. The number of halogens is 1. The predicted molar refractivity (Wildman–Crippen MR) is 147 cm³/mol. The van der Waals surface area contributed by atoms with Gasteiger partial charge in [-0.1, -0.05) is 57.2 Å². The Labute approximate surface area is 229 Å². The van der Waals surface area contributed by atoms with Gasteiger partial charge in [0.25, 0.3) is 5.91 Å². The van der Waals surface area contributed by atoms with Gasteiger partial charge in [-0.25, -0.2) is 14.0 Å². The summed E-state index contributed by atoms with van der Waals surface area (Å²) in [4.78, 5) is 44.3. The molecule has 4 rings (SSSR count). The Balaban J connectivity index is 1.58. The maximum absolute atomic E-state index is 14.1. The number of benzene rings is 2. The highest BCUT2D eigenvalue weighted by Gasteiger charge is 2.38. The Morgan fingerprint density at radius 2 is 1.67 bits per heavy atom. The van der Waals surface area contributed by atoms with Crippen molar-refractivity contribution in [2.24, 2.45) is 0 Å². The van der Waals surface area contributed by atoms with Crippen LogP contribution in [0.1, 0.15) is 55.2 Å². The van der Waals surface area contributed by atoms with Gasteiger partial charge in [-0.2, -0.15) is 0 Å². The molecule has 2 aromatic rings. The maximum atomic E-state index is 14.1. The summed E-state index contributed by atoms with van der Waals surface area (Å²) in [7, 11) is 1.64. The number of amides is 3. The van der Waals surface area contributed by atoms with Gasteiger partial charge in [-0.15, -0.1) is 0 Å². The van der Waals surface area contributed by atoms with Gasteiger partial charge in [0.15, 0.2) is 0 Å². The number of carbonyl (C=O) groups excluding carboxylic acids is 3. The van der Waals surface area contributed by atoms with Gasteiger partial charge in [0.1, 0.15) is 5.82 Å². The third-order valence-electron chi connectivity index (χ3n) is 7.32. The van der Waals surface area contributed by atoms with E-state index >= 15 is 0 Å². The first-order chi connectivity index (χ1) is 18.5. The number of piperazine rings is 1. The molecule has 0 radical (unpaired) electrons. The molecule has 0 saturated carbocycles. The predicted octanol–water partition coefficient (Wildman–Crippen LogP) is 4.09.